The lowest BCUT2D eigenvalue weighted by Crippen LogP contribution is -2.50. The van der Waals surface area contributed by atoms with E-state index in [2.05, 4.69) is 15.2 Å². The number of hydrogen-bond donors (Lipinski definition) is 2. The summed E-state index contributed by atoms with van der Waals surface area (Å²) in [5.41, 5.74) is 4.36. The molecule has 0 amide bonds. The molecule has 4 heterocycles. The quantitative estimate of drug-likeness (QED) is 0.398. The van der Waals surface area contributed by atoms with E-state index in [9.17, 15) is 9.50 Å². The van der Waals surface area contributed by atoms with Gasteiger partial charge in [0.05, 0.1) is 36.1 Å². The minimum absolute atomic E-state index is 0.244. The summed E-state index contributed by atoms with van der Waals surface area (Å²) in [6.45, 7) is 0.504. The van der Waals surface area contributed by atoms with Gasteiger partial charge in [0.15, 0.2) is 12.0 Å². The first kappa shape index (κ1) is 22.9. The Morgan fingerprint density at radius 1 is 1.03 bits per heavy atom. The third-order valence-corrected chi connectivity index (χ3v) is 7.76. The van der Waals surface area contributed by atoms with E-state index in [1.807, 2.05) is 71.2 Å². The van der Waals surface area contributed by atoms with E-state index in [1.165, 1.54) is 12.3 Å². The van der Waals surface area contributed by atoms with Crippen LogP contribution in [0.15, 0.2) is 77.9 Å². The van der Waals surface area contributed by atoms with Crippen molar-refractivity contribution in [1.29, 1.82) is 0 Å². The molecule has 1 aliphatic carbocycles. The molecule has 0 spiro atoms. The van der Waals surface area contributed by atoms with Crippen LogP contribution in [0.1, 0.15) is 36.6 Å². The molecule has 8 nitrogen and oxygen atoms in total. The van der Waals surface area contributed by atoms with Crippen molar-refractivity contribution in [2.24, 2.45) is 4.99 Å². The molecule has 1 unspecified atom stereocenters. The van der Waals surface area contributed by atoms with Crippen molar-refractivity contribution in [3.8, 4) is 11.3 Å². The number of anilines is 3. The molecule has 2 N–H and O–H groups in total. The summed E-state index contributed by atoms with van der Waals surface area (Å²) in [5, 5.41) is 20.1. The summed E-state index contributed by atoms with van der Waals surface area (Å²) >= 11 is 0. The van der Waals surface area contributed by atoms with Gasteiger partial charge in [-0.05, 0) is 49.1 Å². The molecule has 2 aromatic carbocycles. The molecule has 7 rings (SSSR count). The first-order valence-electron chi connectivity index (χ1n) is 13.0. The Kier molecular flexibility index (Phi) is 5.40. The van der Waals surface area contributed by atoms with E-state index in [1.54, 1.807) is 6.07 Å². The SMILES string of the molecule is CN1C2=N[C@@H]3CCC[C@@H]3N2c2nn(Cc3ccc(-c4ccc(F)cn4)cc3)c(Nc3ccccc3)c2C1O. The van der Waals surface area contributed by atoms with Crippen molar-refractivity contribution in [1.82, 2.24) is 19.7 Å². The zero-order valence-electron chi connectivity index (χ0n) is 21.0. The fraction of sp³-hybridized carbons (Fsp3) is 0.276. The van der Waals surface area contributed by atoms with Crippen LogP contribution in [0.3, 0.4) is 0 Å². The molecule has 2 aliphatic heterocycles. The van der Waals surface area contributed by atoms with Crippen molar-refractivity contribution in [3.05, 3.63) is 89.9 Å². The topological polar surface area (TPSA) is 81.8 Å². The molecule has 2 aromatic heterocycles. The second-order valence-corrected chi connectivity index (χ2v) is 10.1. The highest BCUT2D eigenvalue weighted by Crippen LogP contribution is 2.46. The third kappa shape index (κ3) is 3.73. The fourth-order valence-electron chi connectivity index (χ4n) is 5.83. The fourth-order valence-corrected chi connectivity index (χ4v) is 5.83. The van der Waals surface area contributed by atoms with Crippen molar-refractivity contribution in [2.45, 2.75) is 44.1 Å². The number of para-hydroxylation sites is 1. The average molecular weight is 510 g/mol. The minimum atomic E-state index is -0.870. The van der Waals surface area contributed by atoms with E-state index in [0.717, 1.165) is 64.9 Å². The van der Waals surface area contributed by atoms with Crippen molar-refractivity contribution in [3.63, 3.8) is 0 Å². The lowest BCUT2D eigenvalue weighted by molar-refractivity contribution is 0.0655. The van der Waals surface area contributed by atoms with Crippen LogP contribution in [-0.4, -0.2) is 49.9 Å². The summed E-state index contributed by atoms with van der Waals surface area (Å²) < 4.78 is 15.2. The van der Waals surface area contributed by atoms with E-state index in [-0.39, 0.29) is 17.9 Å². The van der Waals surface area contributed by atoms with E-state index >= 15 is 0 Å². The predicted octanol–water partition coefficient (Wildman–Crippen LogP) is 4.91. The Balaban J connectivity index is 1.28. The van der Waals surface area contributed by atoms with Gasteiger partial charge >= 0.3 is 0 Å². The Bertz CT molecular complexity index is 1500. The van der Waals surface area contributed by atoms with Gasteiger partial charge in [-0.1, -0.05) is 42.5 Å². The number of nitrogens with one attached hydrogen (secondary N) is 1. The van der Waals surface area contributed by atoms with E-state index in [0.29, 0.717) is 6.54 Å². The number of benzene rings is 2. The number of hydrogen-bond acceptors (Lipinski definition) is 7. The van der Waals surface area contributed by atoms with Crippen LogP contribution in [0.25, 0.3) is 11.3 Å². The lowest BCUT2D eigenvalue weighted by Gasteiger charge is -2.38. The standard InChI is InChI=1S/C29H28FN7O/c1-35-28(38)25-26(32-21-6-3-2-4-7-21)36(34-27(25)37-24-9-5-8-23(24)33-29(35)37)17-18-10-12-19(13-11-18)22-15-14-20(30)16-31-22/h2-4,6-7,10-16,23-24,28,32,38H,5,8-9,17H2,1H3/t23-,24+,28?/m1/s1. The zero-order chi connectivity index (χ0) is 25.8. The van der Waals surface area contributed by atoms with Crippen LogP contribution in [0.4, 0.5) is 21.7 Å². The van der Waals surface area contributed by atoms with Crippen LogP contribution < -0.4 is 10.2 Å². The molecule has 3 atom stereocenters. The normalized spacial score (nSPS) is 21.7. The Morgan fingerprint density at radius 2 is 1.84 bits per heavy atom. The molecule has 0 radical (unpaired) electrons. The molecule has 0 saturated heterocycles. The lowest BCUT2D eigenvalue weighted by atomic mass is 10.1. The van der Waals surface area contributed by atoms with Gasteiger partial charge in [-0.2, -0.15) is 5.10 Å². The number of nitrogens with zero attached hydrogens (tertiary/aromatic N) is 6. The summed E-state index contributed by atoms with van der Waals surface area (Å²) in [4.78, 5) is 13.2. The van der Waals surface area contributed by atoms with Crippen LogP contribution >= 0.6 is 0 Å². The largest absolute Gasteiger partial charge is 0.369 e. The highest BCUT2D eigenvalue weighted by Gasteiger charge is 2.49. The van der Waals surface area contributed by atoms with Crippen LogP contribution in [0, 0.1) is 5.82 Å². The average Bonchev–Trinajstić information content (AvgIpc) is 3.63. The van der Waals surface area contributed by atoms with Crippen molar-refractivity contribution in [2.75, 3.05) is 17.3 Å². The summed E-state index contributed by atoms with van der Waals surface area (Å²) in [5.74, 6) is 1.98. The van der Waals surface area contributed by atoms with E-state index < -0.39 is 6.23 Å². The number of aliphatic hydroxyl groups excluding tert-OH is 1. The van der Waals surface area contributed by atoms with Gasteiger partial charge in [0.1, 0.15) is 11.6 Å². The number of fused-ring (bicyclic) bond motifs is 5. The van der Waals surface area contributed by atoms with Gasteiger partial charge in [-0.15, -0.1) is 0 Å². The third-order valence-electron chi connectivity index (χ3n) is 7.76. The number of rotatable bonds is 5. The second-order valence-electron chi connectivity index (χ2n) is 10.1. The molecule has 4 aromatic rings. The molecular weight excluding hydrogens is 481 g/mol. The summed E-state index contributed by atoms with van der Waals surface area (Å²) in [6, 6.07) is 21.6. The number of halogens is 1. The minimum Gasteiger partial charge on any atom is -0.369 e. The second kappa shape index (κ2) is 8.95. The van der Waals surface area contributed by atoms with Gasteiger partial charge in [-0.25, -0.2) is 14.1 Å². The van der Waals surface area contributed by atoms with Crippen LogP contribution in [0.5, 0.6) is 0 Å². The van der Waals surface area contributed by atoms with Gasteiger partial charge in [0.25, 0.3) is 0 Å². The molecule has 192 valence electrons. The van der Waals surface area contributed by atoms with Gasteiger partial charge in [0, 0.05) is 18.3 Å². The van der Waals surface area contributed by atoms with Gasteiger partial charge < -0.3 is 15.3 Å². The first-order chi connectivity index (χ1) is 18.6. The maximum atomic E-state index is 13.3. The Labute approximate surface area is 220 Å². The first-order valence-corrected chi connectivity index (χ1v) is 13.0. The molecule has 1 saturated carbocycles. The van der Waals surface area contributed by atoms with E-state index in [4.69, 9.17) is 10.1 Å². The van der Waals surface area contributed by atoms with Crippen LogP contribution in [-0.2, 0) is 6.54 Å². The van der Waals surface area contributed by atoms with Crippen molar-refractivity contribution >= 4 is 23.3 Å². The zero-order valence-corrected chi connectivity index (χ0v) is 21.0. The molecule has 38 heavy (non-hydrogen) atoms. The highest BCUT2D eigenvalue weighted by molar-refractivity contribution is 6.01. The van der Waals surface area contributed by atoms with Gasteiger partial charge in [-0.3, -0.25) is 9.88 Å². The number of aliphatic imine (C=N–C) groups is 1. The Hall–Kier alpha value is -4.24. The molecule has 0 bridgehead atoms. The smallest absolute Gasteiger partial charge is 0.205 e. The predicted molar refractivity (Wildman–Crippen MR) is 145 cm³/mol. The Morgan fingerprint density at radius 3 is 2.61 bits per heavy atom. The van der Waals surface area contributed by atoms with Crippen molar-refractivity contribution < 1.29 is 9.50 Å². The summed E-state index contributed by atoms with van der Waals surface area (Å²) in [6.07, 6.45) is 3.63. The summed E-state index contributed by atoms with van der Waals surface area (Å²) in [7, 11) is 1.90. The number of pyridine rings is 1. The highest BCUT2D eigenvalue weighted by atomic mass is 19.1. The molecule has 1 fully saturated rings. The maximum Gasteiger partial charge on any atom is 0.205 e. The molecule has 9 heteroatoms. The van der Waals surface area contributed by atoms with Gasteiger partial charge in [0.2, 0.25) is 5.96 Å². The molecular formula is C29H28FN7O. The number of aromatic nitrogens is 3. The monoisotopic (exact) mass is 509 g/mol. The number of guanidine groups is 1. The maximum absolute atomic E-state index is 13.3. The number of aliphatic hydroxyl groups is 1. The molecule has 3 aliphatic rings. The van der Waals surface area contributed by atoms with Crippen LogP contribution in [0.2, 0.25) is 0 Å².